The fourth-order valence-corrected chi connectivity index (χ4v) is 0. The van der Waals surface area contributed by atoms with Crippen molar-refractivity contribution in [3.63, 3.8) is 0 Å². The minimum absolute atomic E-state index is 0. The number of carboxylic acid groups (broad SMARTS) is 1. The minimum Gasteiger partial charge on any atom is 0.316 e. The Labute approximate surface area is 110 Å². The topological polar surface area (TPSA) is 152 Å². The molecule has 1 atom stereocenters. The summed E-state index contributed by atoms with van der Waals surface area (Å²) in [6.07, 6.45) is -1.23. The maximum absolute atomic E-state index is 9.45. The molecule has 8 N–H and O–H groups in total. The van der Waals surface area contributed by atoms with Crippen LogP contribution in [0, 0.1) is 0 Å². The predicted molar refractivity (Wildman–Crippen MR) is 47.2 cm³/mol. The Hall–Kier alpha value is 1.34. The van der Waals surface area contributed by atoms with Crippen LogP contribution >= 0.6 is 0 Å². The van der Waals surface area contributed by atoms with Gasteiger partial charge in [0.05, 0.1) is 0 Å². The fourth-order valence-electron chi connectivity index (χ4n) is 0. The molecule has 0 saturated carbocycles. The first kappa shape index (κ1) is 39.5. The second-order valence-corrected chi connectivity index (χ2v) is 1.01. The normalized spacial score (nSPS) is 7.45. The zero-order chi connectivity index (χ0) is 5.15. The summed E-state index contributed by atoms with van der Waals surface area (Å²) in [6.45, 7) is 1.20. The van der Waals surface area contributed by atoms with Gasteiger partial charge in [-0.15, -0.1) is 0 Å². The summed E-state index contributed by atoms with van der Waals surface area (Å²) < 4.78 is 0. The van der Waals surface area contributed by atoms with Gasteiger partial charge in [-0.1, -0.05) is 0 Å². The van der Waals surface area contributed by atoms with Gasteiger partial charge in [0.25, 0.3) is 0 Å². The van der Waals surface area contributed by atoms with E-state index in [-0.39, 0.29) is 77.2 Å². The van der Waals surface area contributed by atoms with Crippen LogP contribution in [0.5, 0.6) is 0 Å². The van der Waals surface area contributed by atoms with E-state index in [1.165, 1.54) is 6.92 Å². The van der Waals surface area contributed by atoms with Gasteiger partial charge >= 0.3 is 66.8 Å². The second-order valence-electron chi connectivity index (χ2n) is 1.01. The van der Waals surface area contributed by atoms with E-state index >= 15 is 0 Å². The van der Waals surface area contributed by atoms with Gasteiger partial charge < -0.3 is 26.6 Å². The zero-order valence-corrected chi connectivity index (χ0v) is 4.88. The average Bonchev–Trinajstić information content (AvgIpc) is 1.36. The molecular formula is C3H16CaMgO6. The van der Waals surface area contributed by atoms with Crippen LogP contribution in [0.3, 0.4) is 0 Å². The molecule has 0 saturated heterocycles. The summed E-state index contributed by atoms with van der Waals surface area (Å²) in [5.41, 5.74) is 0. The van der Waals surface area contributed by atoms with Crippen molar-refractivity contribution in [2.75, 3.05) is 0 Å². The molecule has 0 fully saturated rings. The molecule has 0 aliphatic carbocycles. The third kappa shape index (κ3) is 34.7. The predicted octanol–water partition coefficient (Wildman–Crippen LogP) is -4.85. The largest absolute Gasteiger partial charge is 0.316 e. The Bertz CT molecular complexity index is 68.8. The first-order valence-corrected chi connectivity index (χ1v) is 1.55. The third-order valence-electron chi connectivity index (χ3n) is 0.357. The fraction of sp³-hybridized carbons (Fsp3) is 0.667. The molecule has 0 aromatic rings. The van der Waals surface area contributed by atoms with Crippen LogP contribution in [0.25, 0.3) is 0 Å². The molecule has 0 aromatic carbocycles. The molecule has 1 unspecified atom stereocenters. The van der Waals surface area contributed by atoms with Gasteiger partial charge in [-0.3, -0.25) is 0 Å². The van der Waals surface area contributed by atoms with Crippen molar-refractivity contribution in [2.24, 2.45) is 0 Å². The van der Waals surface area contributed by atoms with Crippen molar-refractivity contribution in [1.29, 1.82) is 0 Å². The summed E-state index contributed by atoms with van der Waals surface area (Å²) in [6, 6.07) is 0. The van der Waals surface area contributed by atoms with Crippen LogP contribution in [0.2, 0.25) is 0 Å². The third-order valence-corrected chi connectivity index (χ3v) is 0.357. The molecule has 0 rings (SSSR count). The maximum Gasteiger partial charge on any atom is 0.316 e. The molecule has 0 spiro atoms. The molecule has 68 valence electrons. The Kier molecular flexibility index (Phi) is 80.8. The van der Waals surface area contributed by atoms with Gasteiger partial charge in [-0.05, 0) is 6.92 Å². The van der Waals surface area contributed by atoms with E-state index in [4.69, 9.17) is 10.2 Å². The zero-order valence-electron chi connectivity index (χ0n) is 4.88. The number of rotatable bonds is 1. The van der Waals surface area contributed by atoms with Crippen LogP contribution in [0.1, 0.15) is 6.92 Å². The molecule has 0 aliphatic rings. The first-order chi connectivity index (χ1) is 2.64. The summed E-state index contributed by atoms with van der Waals surface area (Å²) in [5.74, 6) is -1.19. The Balaban J connectivity index is -0.0000000125. The van der Waals surface area contributed by atoms with Gasteiger partial charge in [0.15, 0.2) is 0 Å². The van der Waals surface area contributed by atoms with Crippen molar-refractivity contribution >= 4 is 66.8 Å². The minimum atomic E-state index is -1.23. The molecule has 8 heteroatoms. The van der Waals surface area contributed by atoms with Gasteiger partial charge in [-0.2, -0.15) is 0 Å². The standard InChI is InChI=1S/C3H6O3.Ca.Mg.3H2O.4H/c1-2(4)3(5)6;;;;;;;;;/h2,4H,1H3,(H,5,6);;;3*1H2;;;;. The van der Waals surface area contributed by atoms with E-state index in [1.54, 1.807) is 0 Å². The number of carboxylic acids is 1. The van der Waals surface area contributed by atoms with Crippen molar-refractivity contribution in [3.05, 3.63) is 0 Å². The second kappa shape index (κ2) is 22.5. The quantitative estimate of drug-likeness (QED) is 0.419. The van der Waals surface area contributed by atoms with Crippen molar-refractivity contribution in [3.8, 4) is 0 Å². The van der Waals surface area contributed by atoms with E-state index in [9.17, 15) is 4.79 Å². The van der Waals surface area contributed by atoms with Crippen molar-refractivity contribution < 1.29 is 31.4 Å². The van der Waals surface area contributed by atoms with Gasteiger partial charge in [0.2, 0.25) is 0 Å². The van der Waals surface area contributed by atoms with E-state index in [2.05, 4.69) is 0 Å². The molecule has 11 heavy (non-hydrogen) atoms. The van der Waals surface area contributed by atoms with E-state index < -0.39 is 12.1 Å². The van der Waals surface area contributed by atoms with Crippen molar-refractivity contribution in [1.82, 2.24) is 0 Å². The number of hydrogen-bond acceptors (Lipinski definition) is 2. The van der Waals surface area contributed by atoms with E-state index in [0.717, 1.165) is 0 Å². The number of hydrogen-bond donors (Lipinski definition) is 2. The molecule has 0 aliphatic heterocycles. The smallest absolute Gasteiger partial charge is 0.316 e. The van der Waals surface area contributed by atoms with Crippen LogP contribution < -0.4 is 0 Å². The molecular weight excluding hydrogens is 196 g/mol. The number of carbonyl (C=O) groups is 1. The van der Waals surface area contributed by atoms with Crippen LogP contribution in [0.15, 0.2) is 0 Å². The molecule has 0 heterocycles. The SMILES string of the molecule is CC(O)C(=O)O.O.O.O.[CaH2].[MgH2]. The summed E-state index contributed by atoms with van der Waals surface area (Å²) in [4.78, 5) is 9.45. The number of aliphatic carboxylic acids is 1. The Morgan fingerprint density at radius 1 is 1.27 bits per heavy atom. The van der Waals surface area contributed by atoms with Gasteiger partial charge in [0, 0.05) is 0 Å². The molecule has 0 radical (unpaired) electrons. The average molecular weight is 213 g/mol. The Morgan fingerprint density at radius 3 is 1.36 bits per heavy atom. The summed E-state index contributed by atoms with van der Waals surface area (Å²) in [7, 11) is 0. The Morgan fingerprint density at radius 2 is 1.36 bits per heavy atom. The van der Waals surface area contributed by atoms with Gasteiger partial charge in [-0.25, -0.2) is 4.79 Å². The van der Waals surface area contributed by atoms with Crippen molar-refractivity contribution in [2.45, 2.75) is 13.0 Å². The summed E-state index contributed by atoms with van der Waals surface area (Å²) >= 11 is 0. The molecule has 0 amide bonds. The van der Waals surface area contributed by atoms with Crippen LogP contribution in [-0.2, 0) is 4.79 Å². The maximum atomic E-state index is 9.45. The van der Waals surface area contributed by atoms with Crippen LogP contribution in [-0.4, -0.2) is 99.5 Å². The first-order valence-electron chi connectivity index (χ1n) is 1.55. The number of aliphatic hydroxyl groups excluding tert-OH is 1. The molecule has 0 bridgehead atoms. The van der Waals surface area contributed by atoms with E-state index in [0.29, 0.717) is 0 Å². The number of aliphatic hydroxyl groups is 1. The molecule has 6 nitrogen and oxygen atoms in total. The van der Waals surface area contributed by atoms with Crippen LogP contribution in [0.4, 0.5) is 0 Å². The monoisotopic (exact) mass is 212 g/mol. The summed E-state index contributed by atoms with van der Waals surface area (Å²) in [5, 5.41) is 15.8. The van der Waals surface area contributed by atoms with E-state index in [1.807, 2.05) is 0 Å². The van der Waals surface area contributed by atoms with Gasteiger partial charge in [0.1, 0.15) is 6.10 Å². The molecule has 0 aromatic heterocycles.